The maximum Gasteiger partial charge on any atom is 0.241 e. The van der Waals surface area contributed by atoms with Crippen molar-refractivity contribution in [3.05, 3.63) is 94.6 Å². The summed E-state index contributed by atoms with van der Waals surface area (Å²) in [5.41, 5.74) is 5.95. The number of amides is 1. The molecule has 2 aliphatic rings. The van der Waals surface area contributed by atoms with E-state index < -0.39 is 5.66 Å². The summed E-state index contributed by atoms with van der Waals surface area (Å²) in [6.45, 7) is 9.39. The molecule has 0 bridgehead atoms. The fraction of sp³-hybridized carbons (Fsp3) is 0.300. The molecule has 5 rings (SSSR count). The van der Waals surface area contributed by atoms with Gasteiger partial charge in [0.05, 0.1) is 13.7 Å². The Labute approximate surface area is 207 Å². The first-order valence-corrected chi connectivity index (χ1v) is 12.0. The highest BCUT2D eigenvalue weighted by Crippen LogP contribution is 2.53. The fourth-order valence-electron chi connectivity index (χ4n) is 5.26. The van der Waals surface area contributed by atoms with Gasteiger partial charge in [0.2, 0.25) is 5.91 Å². The maximum absolute atomic E-state index is 12.6. The minimum atomic E-state index is -0.631. The second-order valence-corrected chi connectivity index (χ2v) is 10.1. The van der Waals surface area contributed by atoms with Crippen LogP contribution in [0.2, 0.25) is 0 Å². The van der Waals surface area contributed by atoms with Crippen molar-refractivity contribution in [1.82, 2.24) is 5.32 Å². The first kappa shape index (κ1) is 23.0. The van der Waals surface area contributed by atoms with Gasteiger partial charge in [0.15, 0.2) is 11.5 Å². The molecular weight excluding hydrogens is 436 g/mol. The zero-order valence-electron chi connectivity index (χ0n) is 21.0. The Hall–Kier alpha value is -3.73. The molecule has 1 saturated heterocycles. The van der Waals surface area contributed by atoms with Crippen LogP contribution in [0.4, 0.5) is 5.69 Å². The van der Waals surface area contributed by atoms with Crippen molar-refractivity contribution in [2.45, 2.75) is 45.4 Å². The van der Waals surface area contributed by atoms with Crippen molar-refractivity contribution in [3.8, 4) is 11.5 Å². The topological polar surface area (TPSA) is 50.8 Å². The normalized spacial score (nSPS) is 20.0. The lowest BCUT2D eigenvalue weighted by atomic mass is 9.75. The number of rotatable bonds is 6. The number of ether oxygens (including phenoxy) is 2. The van der Waals surface area contributed by atoms with E-state index in [1.165, 1.54) is 16.7 Å². The Bertz CT molecular complexity index is 1310. The molecule has 0 unspecified atom stereocenters. The van der Waals surface area contributed by atoms with Crippen LogP contribution in [0.25, 0.3) is 6.08 Å². The summed E-state index contributed by atoms with van der Waals surface area (Å²) in [4.78, 5) is 14.8. The summed E-state index contributed by atoms with van der Waals surface area (Å²) in [5, 5.41) is 3.28. The number of hydrogen-bond donors (Lipinski definition) is 1. The molecular formula is C30H32N2O3. The average Bonchev–Trinajstić information content (AvgIpc) is 3.27. The van der Waals surface area contributed by atoms with E-state index in [4.69, 9.17) is 9.47 Å². The van der Waals surface area contributed by atoms with Crippen LogP contribution in [-0.2, 0) is 16.8 Å². The zero-order valence-corrected chi connectivity index (χ0v) is 21.0. The molecule has 0 spiro atoms. The van der Waals surface area contributed by atoms with Crippen LogP contribution < -0.4 is 19.7 Å². The lowest BCUT2D eigenvalue weighted by Gasteiger charge is -2.40. The molecule has 2 heterocycles. The number of benzene rings is 3. The Morgan fingerprint density at radius 2 is 1.71 bits per heavy atom. The molecule has 3 aromatic rings. The summed E-state index contributed by atoms with van der Waals surface area (Å²) in [7, 11) is 1.65. The molecule has 3 aromatic carbocycles. The van der Waals surface area contributed by atoms with Gasteiger partial charge < -0.3 is 19.7 Å². The van der Waals surface area contributed by atoms with Crippen molar-refractivity contribution in [2.75, 3.05) is 18.6 Å². The second kappa shape index (κ2) is 8.49. The largest absolute Gasteiger partial charge is 0.493 e. The third-order valence-corrected chi connectivity index (χ3v) is 7.35. The highest BCUT2D eigenvalue weighted by molar-refractivity contribution is 5.91. The van der Waals surface area contributed by atoms with Crippen molar-refractivity contribution in [3.63, 3.8) is 0 Å². The summed E-state index contributed by atoms with van der Waals surface area (Å²) in [6, 6.07) is 20.7. The first-order chi connectivity index (χ1) is 16.7. The number of nitrogens with one attached hydrogen (secondary N) is 1. The van der Waals surface area contributed by atoms with E-state index in [0.717, 1.165) is 16.8 Å². The van der Waals surface area contributed by atoms with Gasteiger partial charge >= 0.3 is 0 Å². The Morgan fingerprint density at radius 1 is 0.971 bits per heavy atom. The number of methoxy groups -OCH3 is 1. The highest BCUT2D eigenvalue weighted by atomic mass is 16.5. The van der Waals surface area contributed by atoms with Crippen LogP contribution in [0.1, 0.15) is 41.7 Å². The summed E-state index contributed by atoms with van der Waals surface area (Å²) < 4.78 is 11.7. The molecule has 0 aromatic heterocycles. The lowest BCUT2D eigenvalue weighted by molar-refractivity contribution is -0.118. The van der Waals surface area contributed by atoms with Gasteiger partial charge in [0, 0.05) is 11.1 Å². The summed E-state index contributed by atoms with van der Waals surface area (Å²) in [5.74, 6) is 1.41. The maximum atomic E-state index is 12.6. The van der Waals surface area contributed by atoms with Crippen LogP contribution in [0.5, 0.6) is 11.5 Å². The van der Waals surface area contributed by atoms with Gasteiger partial charge in [0.25, 0.3) is 0 Å². The molecule has 1 atom stereocenters. The van der Waals surface area contributed by atoms with E-state index >= 15 is 0 Å². The van der Waals surface area contributed by atoms with Gasteiger partial charge in [-0.05, 0) is 54.8 Å². The van der Waals surface area contributed by atoms with Crippen LogP contribution in [0.15, 0.2) is 66.7 Å². The van der Waals surface area contributed by atoms with E-state index in [1.54, 1.807) is 7.11 Å². The molecule has 1 fully saturated rings. The lowest BCUT2D eigenvalue weighted by Crippen LogP contribution is -2.58. The van der Waals surface area contributed by atoms with Crippen molar-refractivity contribution >= 4 is 17.7 Å². The number of aryl methyl sites for hydroxylation is 2. The van der Waals surface area contributed by atoms with Gasteiger partial charge in [-0.1, -0.05) is 73.5 Å². The molecule has 0 saturated carbocycles. The predicted octanol–water partition coefficient (Wildman–Crippen LogP) is 5.53. The molecule has 5 heteroatoms. The van der Waals surface area contributed by atoms with E-state index in [1.807, 2.05) is 18.2 Å². The van der Waals surface area contributed by atoms with Crippen LogP contribution >= 0.6 is 0 Å². The molecule has 0 aliphatic carbocycles. The van der Waals surface area contributed by atoms with Crippen LogP contribution in [0, 0.1) is 13.8 Å². The van der Waals surface area contributed by atoms with Crippen LogP contribution in [0.3, 0.4) is 0 Å². The fourth-order valence-corrected chi connectivity index (χ4v) is 5.26. The SMILES string of the molecule is COc1cc(/C=C/[C@@]23NC(=O)CN2c2ccc(C)cc2C3(C)C)ccc1OCc1ccc(C)cc1. The van der Waals surface area contributed by atoms with Gasteiger partial charge in [-0.25, -0.2) is 0 Å². The number of hydrogen-bond acceptors (Lipinski definition) is 4. The summed E-state index contributed by atoms with van der Waals surface area (Å²) in [6.07, 6.45) is 4.18. The number of nitrogens with zero attached hydrogens (tertiary/aromatic N) is 1. The van der Waals surface area contributed by atoms with Crippen LogP contribution in [-0.4, -0.2) is 25.2 Å². The standard InChI is InChI=1S/C30H32N2O3/c1-20-6-9-23(10-7-20)19-35-26-13-11-22(17-27(26)34-5)14-15-30-29(3,4)24-16-21(2)8-12-25(24)32(30)18-28(33)31-30/h6-17H,18-19H2,1-5H3,(H,31,33)/b15-14+/t30-/m1/s1. The Morgan fingerprint density at radius 3 is 2.46 bits per heavy atom. The third-order valence-electron chi connectivity index (χ3n) is 7.35. The molecule has 1 amide bonds. The Kier molecular flexibility index (Phi) is 5.59. The Balaban J connectivity index is 1.42. The minimum Gasteiger partial charge on any atom is -0.493 e. The van der Waals surface area contributed by atoms with E-state index in [9.17, 15) is 4.79 Å². The van der Waals surface area contributed by atoms with E-state index in [-0.39, 0.29) is 11.3 Å². The smallest absolute Gasteiger partial charge is 0.241 e. The molecule has 35 heavy (non-hydrogen) atoms. The molecule has 0 radical (unpaired) electrons. The highest BCUT2D eigenvalue weighted by Gasteiger charge is 2.59. The predicted molar refractivity (Wildman–Crippen MR) is 140 cm³/mol. The van der Waals surface area contributed by atoms with Gasteiger partial charge in [0.1, 0.15) is 12.3 Å². The third kappa shape index (κ3) is 3.85. The minimum absolute atomic E-state index is 0.0337. The second-order valence-electron chi connectivity index (χ2n) is 10.1. The van der Waals surface area contributed by atoms with Crippen molar-refractivity contribution < 1.29 is 14.3 Å². The van der Waals surface area contributed by atoms with E-state index in [2.05, 4.69) is 92.5 Å². The monoisotopic (exact) mass is 468 g/mol. The van der Waals surface area contributed by atoms with Gasteiger partial charge in [-0.3, -0.25) is 4.79 Å². The van der Waals surface area contributed by atoms with Crippen molar-refractivity contribution in [1.29, 1.82) is 0 Å². The number of carbonyl (C=O) groups excluding carboxylic acids is 1. The number of carbonyl (C=O) groups is 1. The molecule has 2 aliphatic heterocycles. The molecule has 5 nitrogen and oxygen atoms in total. The number of anilines is 1. The van der Waals surface area contributed by atoms with Gasteiger partial charge in [-0.2, -0.15) is 0 Å². The zero-order chi connectivity index (χ0) is 24.8. The van der Waals surface area contributed by atoms with Gasteiger partial charge in [-0.15, -0.1) is 0 Å². The van der Waals surface area contributed by atoms with Crippen molar-refractivity contribution in [2.24, 2.45) is 0 Å². The molecule has 180 valence electrons. The average molecular weight is 469 g/mol. The number of fused-ring (bicyclic) bond motifs is 3. The molecule has 1 N–H and O–H groups in total. The van der Waals surface area contributed by atoms with E-state index in [0.29, 0.717) is 24.7 Å². The quantitative estimate of drug-likeness (QED) is 0.517. The summed E-state index contributed by atoms with van der Waals surface area (Å²) >= 11 is 0. The first-order valence-electron chi connectivity index (χ1n) is 12.0.